The first-order chi connectivity index (χ1) is 8.28. The first-order valence-corrected chi connectivity index (χ1v) is 6.48. The molecule has 2 rings (SSSR count). The van der Waals surface area contributed by atoms with Gasteiger partial charge in [0.1, 0.15) is 15.3 Å². The lowest BCUT2D eigenvalue weighted by molar-refractivity contribution is 0.00765. The molecule has 0 amide bonds. The summed E-state index contributed by atoms with van der Waals surface area (Å²) in [6.45, 7) is 7.40. The maximum Gasteiger partial charge on any atom is 0.351 e. The molecule has 0 spiro atoms. The van der Waals surface area contributed by atoms with Crippen molar-refractivity contribution in [3.8, 4) is 0 Å². The predicted molar refractivity (Wildman–Crippen MR) is 73.9 cm³/mol. The number of carbonyl (C=O) groups is 1. The molecule has 2 heterocycles. The SMILES string of the molecule is Cc1ccc2c(N)c(C(=O)OC(C)(C)C)sc2n1. The number of pyridine rings is 1. The Morgan fingerprint density at radius 3 is 2.67 bits per heavy atom. The number of anilines is 1. The van der Waals surface area contributed by atoms with Gasteiger partial charge in [-0.3, -0.25) is 0 Å². The highest BCUT2D eigenvalue weighted by molar-refractivity contribution is 7.21. The molecule has 2 N–H and O–H groups in total. The highest BCUT2D eigenvalue weighted by Crippen LogP contribution is 2.33. The third-order valence-electron chi connectivity index (χ3n) is 2.32. The Hall–Kier alpha value is -1.62. The van der Waals surface area contributed by atoms with Gasteiger partial charge in [0, 0.05) is 11.1 Å². The molecule has 5 heteroatoms. The molecular formula is C13H16N2O2S. The van der Waals surface area contributed by atoms with Crippen LogP contribution in [0, 0.1) is 6.92 Å². The molecule has 18 heavy (non-hydrogen) atoms. The second kappa shape index (κ2) is 4.24. The van der Waals surface area contributed by atoms with Crippen LogP contribution in [0.25, 0.3) is 10.2 Å². The van der Waals surface area contributed by atoms with Crippen LogP contribution in [0.1, 0.15) is 36.1 Å². The van der Waals surface area contributed by atoms with Crippen molar-refractivity contribution < 1.29 is 9.53 Å². The number of aromatic nitrogens is 1. The number of aryl methyl sites for hydroxylation is 1. The third kappa shape index (κ3) is 2.46. The maximum atomic E-state index is 12.0. The second-order valence-electron chi connectivity index (χ2n) is 5.15. The summed E-state index contributed by atoms with van der Waals surface area (Å²) in [4.78, 5) is 17.6. The number of esters is 1. The fourth-order valence-electron chi connectivity index (χ4n) is 1.57. The van der Waals surface area contributed by atoms with Crippen LogP contribution in [0.4, 0.5) is 5.69 Å². The summed E-state index contributed by atoms with van der Waals surface area (Å²) in [5.74, 6) is -0.388. The van der Waals surface area contributed by atoms with E-state index in [2.05, 4.69) is 4.98 Å². The van der Waals surface area contributed by atoms with Crippen molar-refractivity contribution in [1.29, 1.82) is 0 Å². The van der Waals surface area contributed by atoms with Gasteiger partial charge < -0.3 is 10.5 Å². The Bertz CT molecular complexity index is 611. The third-order valence-corrected chi connectivity index (χ3v) is 3.41. The fourth-order valence-corrected chi connectivity index (χ4v) is 2.58. The average molecular weight is 264 g/mol. The van der Waals surface area contributed by atoms with Crippen LogP contribution in [0.3, 0.4) is 0 Å². The van der Waals surface area contributed by atoms with Crippen LogP contribution in [0.2, 0.25) is 0 Å². The molecule has 0 bridgehead atoms. The van der Waals surface area contributed by atoms with Crippen molar-refractivity contribution in [2.45, 2.75) is 33.3 Å². The van der Waals surface area contributed by atoms with Gasteiger partial charge in [0.25, 0.3) is 0 Å². The molecule has 0 radical (unpaired) electrons. The monoisotopic (exact) mass is 264 g/mol. The molecular weight excluding hydrogens is 248 g/mol. The van der Waals surface area contributed by atoms with Crippen molar-refractivity contribution in [2.24, 2.45) is 0 Å². The Kier molecular flexibility index (Phi) is 3.02. The molecule has 0 unspecified atom stereocenters. The van der Waals surface area contributed by atoms with Crippen LogP contribution < -0.4 is 5.73 Å². The first kappa shape index (κ1) is 12.8. The summed E-state index contributed by atoms with van der Waals surface area (Å²) in [6, 6.07) is 3.77. The topological polar surface area (TPSA) is 65.2 Å². The Labute approximate surface area is 110 Å². The summed E-state index contributed by atoms with van der Waals surface area (Å²) in [5, 5.41) is 0.812. The number of carbonyl (C=O) groups excluding carboxylic acids is 1. The lowest BCUT2D eigenvalue weighted by Gasteiger charge is -2.18. The lowest BCUT2D eigenvalue weighted by Crippen LogP contribution is -2.23. The number of ether oxygens (including phenoxy) is 1. The standard InChI is InChI=1S/C13H16N2O2S/c1-7-5-6-8-9(14)10(18-11(8)15-7)12(16)17-13(2,3)4/h5-6H,14H2,1-4H3. The molecule has 0 aromatic carbocycles. The van der Waals surface area contributed by atoms with Gasteiger partial charge in [-0.1, -0.05) is 0 Å². The zero-order valence-corrected chi connectivity index (χ0v) is 11.7. The number of thiophene rings is 1. The second-order valence-corrected chi connectivity index (χ2v) is 6.15. The van der Waals surface area contributed by atoms with E-state index in [9.17, 15) is 4.79 Å². The molecule has 0 aliphatic carbocycles. The van der Waals surface area contributed by atoms with Crippen molar-refractivity contribution in [3.05, 3.63) is 22.7 Å². The minimum atomic E-state index is -0.525. The van der Waals surface area contributed by atoms with E-state index in [1.165, 1.54) is 11.3 Å². The van der Waals surface area contributed by atoms with Crippen LogP contribution in [-0.2, 0) is 4.74 Å². The fraction of sp³-hybridized carbons (Fsp3) is 0.385. The van der Waals surface area contributed by atoms with Crippen LogP contribution >= 0.6 is 11.3 Å². The van der Waals surface area contributed by atoms with E-state index in [0.717, 1.165) is 15.9 Å². The van der Waals surface area contributed by atoms with Gasteiger partial charge in [-0.25, -0.2) is 9.78 Å². The zero-order chi connectivity index (χ0) is 13.5. The number of nitrogens with zero attached hydrogens (tertiary/aromatic N) is 1. The first-order valence-electron chi connectivity index (χ1n) is 5.67. The van der Waals surface area contributed by atoms with Crippen LogP contribution in [0.15, 0.2) is 12.1 Å². The van der Waals surface area contributed by atoms with E-state index in [1.54, 1.807) is 0 Å². The van der Waals surface area contributed by atoms with E-state index in [-0.39, 0.29) is 5.97 Å². The summed E-state index contributed by atoms with van der Waals surface area (Å²) in [7, 11) is 0. The summed E-state index contributed by atoms with van der Waals surface area (Å²) in [5.41, 5.74) is 6.81. The molecule has 0 atom stereocenters. The maximum absolute atomic E-state index is 12.0. The van der Waals surface area contributed by atoms with Gasteiger partial charge in [0.15, 0.2) is 0 Å². The van der Waals surface area contributed by atoms with Crippen LogP contribution in [0.5, 0.6) is 0 Å². The molecule has 0 saturated carbocycles. The van der Waals surface area contributed by atoms with Crippen molar-refractivity contribution in [2.75, 3.05) is 5.73 Å². The number of nitrogens with two attached hydrogens (primary N) is 1. The van der Waals surface area contributed by atoms with Gasteiger partial charge in [-0.2, -0.15) is 0 Å². The Morgan fingerprint density at radius 1 is 1.39 bits per heavy atom. The predicted octanol–water partition coefficient (Wildman–Crippen LogP) is 3.14. The summed E-state index contributed by atoms with van der Waals surface area (Å²) < 4.78 is 5.33. The zero-order valence-electron chi connectivity index (χ0n) is 10.9. The number of hydrogen-bond acceptors (Lipinski definition) is 5. The Balaban J connectivity index is 2.46. The van der Waals surface area contributed by atoms with Gasteiger partial charge in [-0.05, 0) is 39.8 Å². The van der Waals surface area contributed by atoms with Crippen LogP contribution in [-0.4, -0.2) is 16.6 Å². The highest BCUT2D eigenvalue weighted by atomic mass is 32.1. The summed E-state index contributed by atoms with van der Waals surface area (Å²) >= 11 is 1.28. The van der Waals surface area contributed by atoms with Gasteiger partial charge in [-0.15, -0.1) is 11.3 Å². The minimum absolute atomic E-state index is 0.388. The normalized spacial score (nSPS) is 11.8. The number of nitrogen functional groups attached to an aromatic ring is 1. The highest BCUT2D eigenvalue weighted by Gasteiger charge is 2.23. The van der Waals surface area contributed by atoms with E-state index < -0.39 is 5.60 Å². The largest absolute Gasteiger partial charge is 0.456 e. The van der Waals surface area contributed by atoms with Crippen molar-refractivity contribution in [3.63, 3.8) is 0 Å². The smallest absolute Gasteiger partial charge is 0.351 e. The van der Waals surface area contributed by atoms with Gasteiger partial charge >= 0.3 is 5.97 Å². The van der Waals surface area contributed by atoms with Gasteiger partial charge in [0.2, 0.25) is 0 Å². The molecule has 4 nitrogen and oxygen atoms in total. The van der Waals surface area contributed by atoms with Crippen molar-refractivity contribution >= 4 is 33.2 Å². The average Bonchev–Trinajstić information content (AvgIpc) is 2.53. The number of rotatable bonds is 1. The number of fused-ring (bicyclic) bond motifs is 1. The summed E-state index contributed by atoms with van der Waals surface area (Å²) in [6.07, 6.45) is 0. The van der Waals surface area contributed by atoms with E-state index in [4.69, 9.17) is 10.5 Å². The quantitative estimate of drug-likeness (QED) is 0.804. The molecule has 0 aliphatic heterocycles. The molecule has 96 valence electrons. The van der Waals surface area contributed by atoms with E-state index >= 15 is 0 Å². The number of hydrogen-bond donors (Lipinski definition) is 1. The lowest BCUT2D eigenvalue weighted by atomic mass is 10.2. The van der Waals surface area contributed by atoms with Crippen molar-refractivity contribution in [1.82, 2.24) is 4.98 Å². The molecule has 0 saturated heterocycles. The molecule has 2 aromatic rings. The molecule has 0 fully saturated rings. The molecule has 0 aliphatic rings. The molecule has 2 aromatic heterocycles. The minimum Gasteiger partial charge on any atom is -0.456 e. The van der Waals surface area contributed by atoms with E-state index in [1.807, 2.05) is 39.8 Å². The van der Waals surface area contributed by atoms with Gasteiger partial charge in [0.05, 0.1) is 5.69 Å². The van der Waals surface area contributed by atoms with E-state index in [0.29, 0.717) is 10.6 Å². The Morgan fingerprint density at radius 2 is 2.06 bits per heavy atom.